The minimum absolute atomic E-state index is 0.396. The zero-order valence-corrected chi connectivity index (χ0v) is 6.77. The van der Waals surface area contributed by atoms with Gasteiger partial charge in [-0.15, -0.1) is 0 Å². The Morgan fingerprint density at radius 2 is 2.11 bits per heavy atom. The van der Waals surface area contributed by atoms with Gasteiger partial charge in [-0.05, 0) is 13.0 Å². The molecular formula is C5H12NO2S-. The van der Waals surface area contributed by atoms with E-state index in [1.54, 1.807) is 7.05 Å². The van der Waals surface area contributed by atoms with Crippen molar-refractivity contribution >= 4 is 11.3 Å². The number of nitrogens with zero attached hydrogens (tertiary/aromatic N) is 1. The summed E-state index contributed by atoms with van der Waals surface area (Å²) in [7, 11) is 1.56. The molecule has 0 amide bonds. The lowest BCUT2D eigenvalue weighted by atomic mass is 10.2. The first kappa shape index (κ1) is 9.07. The van der Waals surface area contributed by atoms with Crippen molar-refractivity contribution in [3.8, 4) is 0 Å². The Bertz CT molecular complexity index is 105. The van der Waals surface area contributed by atoms with Gasteiger partial charge in [0, 0.05) is 17.8 Å². The molecule has 0 saturated heterocycles. The molecule has 1 unspecified atom stereocenters. The molecular weight excluding hydrogens is 138 g/mol. The molecule has 0 aromatic carbocycles. The number of rotatable bonds is 3. The molecule has 9 heavy (non-hydrogen) atoms. The van der Waals surface area contributed by atoms with Crippen LogP contribution in [0.5, 0.6) is 0 Å². The van der Waals surface area contributed by atoms with Crippen LogP contribution in [0.3, 0.4) is 0 Å². The van der Waals surface area contributed by atoms with Crippen LogP contribution in [0.4, 0.5) is 0 Å². The lowest BCUT2D eigenvalue weighted by molar-refractivity contribution is 0.395. The largest absolute Gasteiger partial charge is 0.760 e. The monoisotopic (exact) mass is 150 g/mol. The van der Waals surface area contributed by atoms with E-state index in [4.69, 9.17) is 0 Å². The highest BCUT2D eigenvalue weighted by molar-refractivity contribution is 7.76. The van der Waals surface area contributed by atoms with E-state index in [-0.39, 0.29) is 0 Å². The van der Waals surface area contributed by atoms with E-state index in [1.165, 1.54) is 4.31 Å². The fourth-order valence-electron chi connectivity index (χ4n) is 0.575. The zero-order chi connectivity index (χ0) is 7.44. The van der Waals surface area contributed by atoms with E-state index in [0.29, 0.717) is 12.5 Å². The highest BCUT2D eigenvalue weighted by Crippen LogP contribution is 1.95. The summed E-state index contributed by atoms with van der Waals surface area (Å²) >= 11 is -2.05. The third-order valence-corrected chi connectivity index (χ3v) is 1.53. The maximum Gasteiger partial charge on any atom is 0.0206 e. The van der Waals surface area contributed by atoms with Crippen LogP contribution in [0.25, 0.3) is 0 Å². The molecule has 1 atom stereocenters. The molecule has 0 aliphatic carbocycles. The lowest BCUT2D eigenvalue weighted by Gasteiger charge is -2.20. The first-order chi connectivity index (χ1) is 4.04. The van der Waals surface area contributed by atoms with Crippen LogP contribution >= 0.6 is 0 Å². The van der Waals surface area contributed by atoms with E-state index in [0.717, 1.165) is 0 Å². The van der Waals surface area contributed by atoms with Gasteiger partial charge in [-0.25, -0.2) is 4.31 Å². The van der Waals surface area contributed by atoms with E-state index < -0.39 is 11.3 Å². The minimum atomic E-state index is -2.05. The van der Waals surface area contributed by atoms with E-state index >= 15 is 0 Å². The van der Waals surface area contributed by atoms with Crippen molar-refractivity contribution in [3.63, 3.8) is 0 Å². The van der Waals surface area contributed by atoms with E-state index in [9.17, 15) is 8.76 Å². The molecule has 0 saturated carbocycles. The topological polar surface area (TPSA) is 43.4 Å². The Kier molecular flexibility index (Phi) is 4.01. The summed E-state index contributed by atoms with van der Waals surface area (Å²) < 4.78 is 21.6. The Balaban J connectivity index is 3.50. The molecule has 0 aliphatic heterocycles. The highest BCUT2D eigenvalue weighted by atomic mass is 32.2. The summed E-state index contributed by atoms with van der Waals surface area (Å²) in [5.41, 5.74) is 0. The van der Waals surface area contributed by atoms with Crippen LogP contribution in [0.1, 0.15) is 13.8 Å². The van der Waals surface area contributed by atoms with Gasteiger partial charge < -0.3 is 4.55 Å². The van der Waals surface area contributed by atoms with Crippen LogP contribution in [-0.4, -0.2) is 26.7 Å². The Morgan fingerprint density at radius 3 is 2.22 bits per heavy atom. The predicted octanol–water partition coefficient (Wildman–Crippen LogP) is 0.368. The molecule has 0 aromatic heterocycles. The van der Waals surface area contributed by atoms with Gasteiger partial charge in [-0.2, -0.15) is 0 Å². The van der Waals surface area contributed by atoms with Crippen LogP contribution in [0, 0.1) is 5.92 Å². The molecule has 0 radical (unpaired) electrons. The van der Waals surface area contributed by atoms with Crippen molar-refractivity contribution in [2.45, 2.75) is 13.8 Å². The summed E-state index contributed by atoms with van der Waals surface area (Å²) in [5, 5.41) is 0. The predicted molar refractivity (Wildman–Crippen MR) is 36.4 cm³/mol. The second kappa shape index (κ2) is 3.98. The Labute approximate surface area is 58.5 Å². The SMILES string of the molecule is CC(C)CN(C)S(=O)[O-]. The van der Waals surface area contributed by atoms with Crippen molar-refractivity contribution in [2.75, 3.05) is 13.6 Å². The van der Waals surface area contributed by atoms with Crippen LogP contribution in [-0.2, 0) is 11.3 Å². The van der Waals surface area contributed by atoms with Crippen molar-refractivity contribution in [1.82, 2.24) is 4.31 Å². The summed E-state index contributed by atoms with van der Waals surface area (Å²) in [6.45, 7) is 4.54. The maximum absolute atomic E-state index is 10.2. The smallest absolute Gasteiger partial charge is 0.0206 e. The second-order valence-electron chi connectivity index (χ2n) is 2.42. The third-order valence-electron chi connectivity index (χ3n) is 0.877. The molecule has 56 valence electrons. The first-order valence-corrected chi connectivity index (χ1v) is 3.87. The summed E-state index contributed by atoms with van der Waals surface area (Å²) in [5.74, 6) is 0.396. The summed E-state index contributed by atoms with van der Waals surface area (Å²) in [6, 6.07) is 0. The summed E-state index contributed by atoms with van der Waals surface area (Å²) in [6.07, 6.45) is 0. The third kappa shape index (κ3) is 4.57. The average molecular weight is 150 g/mol. The van der Waals surface area contributed by atoms with Gasteiger partial charge in [0.25, 0.3) is 0 Å². The van der Waals surface area contributed by atoms with Gasteiger partial charge in [0.15, 0.2) is 0 Å². The number of hydrogen-bond donors (Lipinski definition) is 0. The Morgan fingerprint density at radius 1 is 1.67 bits per heavy atom. The molecule has 0 bridgehead atoms. The molecule has 0 N–H and O–H groups in total. The molecule has 0 rings (SSSR count). The van der Waals surface area contributed by atoms with Crippen molar-refractivity contribution in [1.29, 1.82) is 0 Å². The van der Waals surface area contributed by atoms with Gasteiger partial charge in [0.1, 0.15) is 0 Å². The molecule has 4 heteroatoms. The molecule has 0 aromatic rings. The van der Waals surface area contributed by atoms with Gasteiger partial charge in [0.05, 0.1) is 0 Å². The number of hydrogen-bond acceptors (Lipinski definition) is 2. The molecule has 0 aliphatic rings. The van der Waals surface area contributed by atoms with E-state index in [2.05, 4.69) is 0 Å². The van der Waals surface area contributed by atoms with Crippen LogP contribution < -0.4 is 0 Å². The Hall–Kier alpha value is 0.0700. The molecule has 0 heterocycles. The quantitative estimate of drug-likeness (QED) is 0.545. The van der Waals surface area contributed by atoms with Gasteiger partial charge in [-0.3, -0.25) is 4.21 Å². The van der Waals surface area contributed by atoms with Crippen molar-refractivity contribution < 1.29 is 8.76 Å². The lowest BCUT2D eigenvalue weighted by Crippen LogP contribution is -2.24. The van der Waals surface area contributed by atoms with Crippen LogP contribution in [0.15, 0.2) is 0 Å². The maximum atomic E-state index is 10.2. The van der Waals surface area contributed by atoms with Crippen LogP contribution in [0.2, 0.25) is 0 Å². The molecule has 3 nitrogen and oxygen atoms in total. The standard InChI is InChI=1S/C5H13NO2S/c1-5(2)4-6(3)9(7)8/h5H,4H2,1-3H3,(H,7,8)/p-1. The fraction of sp³-hybridized carbons (Fsp3) is 1.00. The van der Waals surface area contributed by atoms with Crippen molar-refractivity contribution in [2.24, 2.45) is 5.92 Å². The van der Waals surface area contributed by atoms with Gasteiger partial charge in [-0.1, -0.05) is 13.8 Å². The average Bonchev–Trinajstić information content (AvgIpc) is 1.63. The molecule has 0 spiro atoms. The fourth-order valence-corrected chi connectivity index (χ4v) is 0.995. The highest BCUT2D eigenvalue weighted by Gasteiger charge is 1.99. The zero-order valence-electron chi connectivity index (χ0n) is 5.96. The van der Waals surface area contributed by atoms with Gasteiger partial charge in [0.2, 0.25) is 0 Å². The van der Waals surface area contributed by atoms with Gasteiger partial charge >= 0.3 is 0 Å². The second-order valence-corrected chi connectivity index (χ2v) is 3.48. The van der Waals surface area contributed by atoms with E-state index in [1.807, 2.05) is 13.8 Å². The first-order valence-electron chi connectivity index (χ1n) is 2.84. The normalized spacial score (nSPS) is 14.9. The summed E-state index contributed by atoms with van der Waals surface area (Å²) in [4.78, 5) is 0. The van der Waals surface area contributed by atoms with Crippen molar-refractivity contribution in [3.05, 3.63) is 0 Å². The minimum Gasteiger partial charge on any atom is -0.760 e. The molecule has 0 fully saturated rings.